The van der Waals surface area contributed by atoms with Crippen molar-refractivity contribution in [3.05, 3.63) is 28.2 Å². The van der Waals surface area contributed by atoms with Crippen LogP contribution in [0.15, 0.2) is 22.7 Å². The number of likely N-dealkylation sites (N-methyl/N-ethyl adjacent to an activating group) is 1. The molecular weight excluding hydrogens is 316 g/mol. The molecule has 0 saturated carbocycles. The first kappa shape index (κ1) is 14.4. The number of nitrogens with zero attached hydrogens (tertiary/aromatic N) is 2. The topological polar surface area (TPSA) is 26.7 Å². The molecule has 0 aromatic heterocycles. The van der Waals surface area contributed by atoms with Crippen LogP contribution in [-0.4, -0.2) is 42.2 Å². The van der Waals surface area contributed by atoms with Gasteiger partial charge in [0.25, 0.3) is 0 Å². The van der Waals surface area contributed by atoms with E-state index in [1.54, 1.807) is 6.92 Å². The predicted molar refractivity (Wildman–Crippen MR) is 86.2 cm³/mol. The molecule has 0 amide bonds. The summed E-state index contributed by atoms with van der Waals surface area (Å²) in [6, 6.07) is 7.80. The molecule has 2 heterocycles. The zero-order valence-corrected chi connectivity index (χ0v) is 13.8. The molecule has 2 bridgehead atoms. The highest BCUT2D eigenvalue weighted by Crippen LogP contribution is 2.33. The molecule has 0 radical (unpaired) electrons. The van der Waals surface area contributed by atoms with Crippen molar-refractivity contribution in [3.8, 4) is 0 Å². The number of halogens is 1. The first-order chi connectivity index (χ1) is 9.56. The summed E-state index contributed by atoms with van der Waals surface area (Å²) in [7, 11) is 2.28. The summed E-state index contributed by atoms with van der Waals surface area (Å²) in [6.45, 7) is 4.05. The van der Waals surface area contributed by atoms with Gasteiger partial charge < -0.3 is 10.0 Å². The fourth-order valence-corrected chi connectivity index (χ4v) is 4.29. The van der Waals surface area contributed by atoms with E-state index in [1.807, 2.05) is 6.07 Å². The monoisotopic (exact) mass is 338 g/mol. The molecule has 3 rings (SSSR count). The second-order valence-electron chi connectivity index (χ2n) is 6.17. The lowest BCUT2D eigenvalue weighted by Gasteiger charge is -2.28. The fourth-order valence-electron chi connectivity index (χ4n) is 3.59. The van der Waals surface area contributed by atoms with Crippen LogP contribution in [0.2, 0.25) is 0 Å². The average molecular weight is 339 g/mol. The van der Waals surface area contributed by atoms with Gasteiger partial charge >= 0.3 is 0 Å². The number of benzene rings is 1. The summed E-state index contributed by atoms with van der Waals surface area (Å²) >= 11 is 3.59. The second-order valence-corrected chi connectivity index (χ2v) is 7.02. The summed E-state index contributed by atoms with van der Waals surface area (Å²) in [4.78, 5) is 5.07. The molecule has 2 aliphatic heterocycles. The standard InChI is InChI=1S/C16H23BrN2O/c1-11(20)15-6-5-13(9-16(15)17)19-8-7-12-3-4-14(10-19)18(12)2/h5-6,9,11-12,14,20H,3-4,7-8,10H2,1-2H3/t11-,12?,14?/m0/s1. The third kappa shape index (κ3) is 2.61. The summed E-state index contributed by atoms with van der Waals surface area (Å²) in [5.41, 5.74) is 2.23. The molecule has 2 unspecified atom stereocenters. The molecule has 2 saturated heterocycles. The molecule has 2 fully saturated rings. The molecule has 3 atom stereocenters. The molecule has 4 heteroatoms. The third-order valence-electron chi connectivity index (χ3n) is 4.95. The van der Waals surface area contributed by atoms with Crippen LogP contribution in [0, 0.1) is 0 Å². The van der Waals surface area contributed by atoms with Gasteiger partial charge in [-0.2, -0.15) is 0 Å². The fraction of sp³-hybridized carbons (Fsp3) is 0.625. The van der Waals surface area contributed by atoms with Gasteiger partial charge in [-0.05, 0) is 50.9 Å². The Balaban J connectivity index is 1.81. The molecule has 20 heavy (non-hydrogen) atoms. The van der Waals surface area contributed by atoms with E-state index < -0.39 is 6.10 Å². The molecule has 1 aromatic rings. The molecular formula is C16H23BrN2O. The number of anilines is 1. The summed E-state index contributed by atoms with van der Waals surface area (Å²) in [5, 5.41) is 9.72. The number of fused-ring (bicyclic) bond motifs is 2. The molecule has 2 aliphatic rings. The van der Waals surface area contributed by atoms with E-state index in [0.717, 1.165) is 29.2 Å². The minimum atomic E-state index is -0.426. The zero-order valence-electron chi connectivity index (χ0n) is 12.2. The van der Waals surface area contributed by atoms with Crippen LogP contribution in [0.4, 0.5) is 5.69 Å². The SMILES string of the molecule is C[C@H](O)c1ccc(N2CCC3CCC(C2)N3C)cc1Br. The normalized spacial score (nSPS) is 28.5. The van der Waals surface area contributed by atoms with Crippen molar-refractivity contribution in [2.75, 3.05) is 25.0 Å². The predicted octanol–water partition coefficient (Wildman–Crippen LogP) is 3.18. The third-order valence-corrected chi connectivity index (χ3v) is 5.63. The highest BCUT2D eigenvalue weighted by atomic mass is 79.9. The van der Waals surface area contributed by atoms with E-state index in [1.165, 1.54) is 24.9 Å². The number of hydrogen-bond acceptors (Lipinski definition) is 3. The van der Waals surface area contributed by atoms with Crippen LogP contribution in [0.1, 0.15) is 37.9 Å². The quantitative estimate of drug-likeness (QED) is 0.897. The van der Waals surface area contributed by atoms with Crippen LogP contribution < -0.4 is 4.90 Å². The molecule has 1 aromatic carbocycles. The highest BCUT2D eigenvalue weighted by Gasteiger charge is 2.34. The number of aliphatic hydroxyl groups excluding tert-OH is 1. The van der Waals surface area contributed by atoms with Gasteiger partial charge in [0, 0.05) is 35.3 Å². The Kier molecular flexibility index (Phi) is 4.07. The van der Waals surface area contributed by atoms with Crippen molar-refractivity contribution >= 4 is 21.6 Å². The lowest BCUT2D eigenvalue weighted by atomic mass is 10.1. The van der Waals surface area contributed by atoms with Crippen molar-refractivity contribution in [2.24, 2.45) is 0 Å². The van der Waals surface area contributed by atoms with Crippen LogP contribution in [0.3, 0.4) is 0 Å². The summed E-state index contributed by atoms with van der Waals surface area (Å²) < 4.78 is 1.01. The van der Waals surface area contributed by atoms with Crippen LogP contribution >= 0.6 is 15.9 Å². The lowest BCUT2D eigenvalue weighted by Crippen LogP contribution is -2.36. The van der Waals surface area contributed by atoms with Gasteiger partial charge in [0.2, 0.25) is 0 Å². The van der Waals surface area contributed by atoms with Crippen LogP contribution in [0.5, 0.6) is 0 Å². The number of aliphatic hydroxyl groups is 1. The Morgan fingerprint density at radius 3 is 2.70 bits per heavy atom. The summed E-state index contributed by atoms with van der Waals surface area (Å²) in [6.07, 6.45) is 3.51. The van der Waals surface area contributed by atoms with Crippen molar-refractivity contribution < 1.29 is 5.11 Å². The van der Waals surface area contributed by atoms with Gasteiger partial charge in [0.15, 0.2) is 0 Å². The van der Waals surface area contributed by atoms with Gasteiger partial charge in [-0.3, -0.25) is 4.90 Å². The maximum absolute atomic E-state index is 9.72. The Hall–Kier alpha value is -0.580. The molecule has 1 N–H and O–H groups in total. The lowest BCUT2D eigenvalue weighted by molar-refractivity contribution is 0.198. The van der Waals surface area contributed by atoms with Gasteiger partial charge in [-0.25, -0.2) is 0 Å². The minimum Gasteiger partial charge on any atom is -0.389 e. The van der Waals surface area contributed by atoms with E-state index in [2.05, 4.69) is 44.9 Å². The Labute approximate surface area is 129 Å². The Morgan fingerprint density at radius 2 is 2.00 bits per heavy atom. The Bertz CT molecular complexity index is 491. The van der Waals surface area contributed by atoms with E-state index in [-0.39, 0.29) is 0 Å². The Morgan fingerprint density at radius 1 is 1.25 bits per heavy atom. The van der Waals surface area contributed by atoms with E-state index in [4.69, 9.17) is 0 Å². The molecule has 0 aliphatic carbocycles. The van der Waals surface area contributed by atoms with Crippen LogP contribution in [-0.2, 0) is 0 Å². The van der Waals surface area contributed by atoms with Gasteiger partial charge in [-0.1, -0.05) is 22.0 Å². The van der Waals surface area contributed by atoms with Crippen molar-refractivity contribution in [1.29, 1.82) is 0 Å². The minimum absolute atomic E-state index is 0.426. The maximum atomic E-state index is 9.72. The average Bonchev–Trinajstić information content (AvgIpc) is 2.62. The molecule has 110 valence electrons. The maximum Gasteiger partial charge on any atom is 0.0772 e. The van der Waals surface area contributed by atoms with E-state index >= 15 is 0 Å². The van der Waals surface area contributed by atoms with Crippen molar-refractivity contribution in [2.45, 2.75) is 44.4 Å². The smallest absolute Gasteiger partial charge is 0.0772 e. The number of hydrogen-bond donors (Lipinski definition) is 1. The van der Waals surface area contributed by atoms with Crippen molar-refractivity contribution in [1.82, 2.24) is 4.90 Å². The van der Waals surface area contributed by atoms with Crippen LogP contribution in [0.25, 0.3) is 0 Å². The highest BCUT2D eigenvalue weighted by molar-refractivity contribution is 9.10. The van der Waals surface area contributed by atoms with Gasteiger partial charge in [-0.15, -0.1) is 0 Å². The summed E-state index contributed by atoms with van der Waals surface area (Å²) in [5.74, 6) is 0. The first-order valence-corrected chi connectivity index (χ1v) is 8.30. The van der Waals surface area contributed by atoms with E-state index in [0.29, 0.717) is 6.04 Å². The largest absolute Gasteiger partial charge is 0.389 e. The molecule has 0 spiro atoms. The van der Waals surface area contributed by atoms with Crippen molar-refractivity contribution in [3.63, 3.8) is 0 Å². The zero-order chi connectivity index (χ0) is 14.3. The first-order valence-electron chi connectivity index (χ1n) is 7.50. The van der Waals surface area contributed by atoms with Gasteiger partial charge in [0.1, 0.15) is 0 Å². The second kappa shape index (κ2) is 5.66. The van der Waals surface area contributed by atoms with Gasteiger partial charge in [0.05, 0.1) is 6.10 Å². The number of rotatable bonds is 2. The molecule has 3 nitrogen and oxygen atoms in total. The van der Waals surface area contributed by atoms with E-state index in [9.17, 15) is 5.11 Å².